The number of rotatable bonds is 7. The van der Waals surface area contributed by atoms with E-state index in [0.717, 1.165) is 17.7 Å². The van der Waals surface area contributed by atoms with Gasteiger partial charge in [0.25, 0.3) is 0 Å². The SMILES string of the molecule is COCC(CC=O)c1ccccc1NC1CCSC1. The molecule has 1 aromatic rings. The van der Waals surface area contributed by atoms with E-state index in [2.05, 4.69) is 17.4 Å². The van der Waals surface area contributed by atoms with E-state index in [4.69, 9.17) is 4.74 Å². The highest BCUT2D eigenvalue weighted by atomic mass is 32.2. The number of anilines is 1. The molecule has 1 saturated heterocycles. The molecule has 1 heterocycles. The van der Waals surface area contributed by atoms with Crippen molar-refractivity contribution in [2.24, 2.45) is 0 Å². The molecule has 2 atom stereocenters. The van der Waals surface area contributed by atoms with Crippen LogP contribution in [0.15, 0.2) is 24.3 Å². The number of thioether (sulfide) groups is 1. The van der Waals surface area contributed by atoms with Crippen molar-refractivity contribution in [2.75, 3.05) is 30.5 Å². The second-order valence-electron chi connectivity index (χ2n) is 4.85. The number of hydrogen-bond donors (Lipinski definition) is 1. The van der Waals surface area contributed by atoms with Crippen molar-refractivity contribution >= 4 is 23.7 Å². The number of aldehydes is 1. The second kappa shape index (κ2) is 7.56. The Kier molecular flexibility index (Phi) is 5.73. The molecule has 104 valence electrons. The monoisotopic (exact) mass is 279 g/mol. The molecule has 0 radical (unpaired) electrons. The molecule has 1 aliphatic heterocycles. The predicted octanol–water partition coefficient (Wildman–Crippen LogP) is 2.92. The van der Waals surface area contributed by atoms with E-state index >= 15 is 0 Å². The third-order valence-corrected chi connectivity index (χ3v) is 4.60. The summed E-state index contributed by atoms with van der Waals surface area (Å²) >= 11 is 1.99. The van der Waals surface area contributed by atoms with Gasteiger partial charge in [-0.25, -0.2) is 0 Å². The summed E-state index contributed by atoms with van der Waals surface area (Å²) in [6.45, 7) is 0.580. The molecular weight excluding hydrogens is 258 g/mol. The Morgan fingerprint density at radius 1 is 1.53 bits per heavy atom. The zero-order valence-electron chi connectivity index (χ0n) is 11.3. The van der Waals surface area contributed by atoms with Gasteiger partial charge in [-0.2, -0.15) is 11.8 Å². The van der Waals surface area contributed by atoms with Crippen LogP contribution in [0.2, 0.25) is 0 Å². The molecule has 1 fully saturated rings. The Hall–Kier alpha value is -1.000. The molecule has 0 amide bonds. The quantitative estimate of drug-likeness (QED) is 0.779. The van der Waals surface area contributed by atoms with Crippen LogP contribution in [0.1, 0.15) is 24.3 Å². The molecule has 4 heteroatoms. The molecule has 1 N–H and O–H groups in total. The highest BCUT2D eigenvalue weighted by Gasteiger charge is 2.19. The first-order chi connectivity index (χ1) is 9.35. The lowest BCUT2D eigenvalue weighted by atomic mass is 9.95. The van der Waals surface area contributed by atoms with Gasteiger partial charge in [-0.05, 0) is 23.8 Å². The number of para-hydroxylation sites is 1. The highest BCUT2D eigenvalue weighted by Crippen LogP contribution is 2.29. The predicted molar refractivity (Wildman–Crippen MR) is 81.1 cm³/mol. The van der Waals surface area contributed by atoms with Crippen LogP contribution in [0.4, 0.5) is 5.69 Å². The summed E-state index contributed by atoms with van der Waals surface area (Å²) in [5.74, 6) is 2.53. The fourth-order valence-corrected chi connectivity index (χ4v) is 3.61. The lowest BCUT2D eigenvalue weighted by Crippen LogP contribution is -2.20. The summed E-state index contributed by atoms with van der Waals surface area (Å²) in [7, 11) is 1.68. The average Bonchev–Trinajstić information content (AvgIpc) is 2.92. The summed E-state index contributed by atoms with van der Waals surface area (Å²) in [5.41, 5.74) is 2.34. The van der Waals surface area contributed by atoms with E-state index in [1.54, 1.807) is 7.11 Å². The van der Waals surface area contributed by atoms with Gasteiger partial charge in [0, 0.05) is 36.9 Å². The zero-order valence-corrected chi connectivity index (χ0v) is 12.1. The molecule has 0 saturated carbocycles. The summed E-state index contributed by atoms with van der Waals surface area (Å²) in [4.78, 5) is 10.8. The summed E-state index contributed by atoms with van der Waals surface area (Å²) in [6, 6.07) is 8.81. The topological polar surface area (TPSA) is 38.3 Å². The Balaban J connectivity index is 2.15. The summed E-state index contributed by atoms with van der Waals surface area (Å²) in [6.07, 6.45) is 2.69. The van der Waals surface area contributed by atoms with E-state index in [9.17, 15) is 4.79 Å². The van der Waals surface area contributed by atoms with Crippen molar-refractivity contribution in [1.82, 2.24) is 0 Å². The summed E-state index contributed by atoms with van der Waals surface area (Å²) in [5, 5.41) is 3.61. The normalized spacial score (nSPS) is 20.2. The van der Waals surface area contributed by atoms with Crippen LogP contribution in [-0.2, 0) is 9.53 Å². The van der Waals surface area contributed by atoms with E-state index < -0.39 is 0 Å². The van der Waals surface area contributed by atoms with Crippen LogP contribution >= 0.6 is 11.8 Å². The van der Waals surface area contributed by atoms with Crippen LogP contribution in [0.5, 0.6) is 0 Å². The van der Waals surface area contributed by atoms with Gasteiger partial charge in [0.15, 0.2) is 0 Å². The highest BCUT2D eigenvalue weighted by molar-refractivity contribution is 7.99. The van der Waals surface area contributed by atoms with Gasteiger partial charge < -0.3 is 14.8 Å². The molecule has 2 rings (SSSR count). The van der Waals surface area contributed by atoms with Crippen molar-refractivity contribution in [3.05, 3.63) is 29.8 Å². The van der Waals surface area contributed by atoms with Gasteiger partial charge in [-0.1, -0.05) is 18.2 Å². The van der Waals surface area contributed by atoms with Crippen molar-refractivity contribution in [3.8, 4) is 0 Å². The maximum Gasteiger partial charge on any atom is 0.120 e. The molecule has 0 aromatic heterocycles. The van der Waals surface area contributed by atoms with Crippen LogP contribution in [0.3, 0.4) is 0 Å². The molecule has 1 aliphatic rings. The van der Waals surface area contributed by atoms with Gasteiger partial charge in [-0.15, -0.1) is 0 Å². The molecular formula is C15H21NO2S. The second-order valence-corrected chi connectivity index (χ2v) is 6.00. The Morgan fingerprint density at radius 3 is 3.05 bits per heavy atom. The molecule has 3 nitrogen and oxygen atoms in total. The van der Waals surface area contributed by atoms with Crippen LogP contribution in [0, 0.1) is 0 Å². The first-order valence-electron chi connectivity index (χ1n) is 6.71. The van der Waals surface area contributed by atoms with Gasteiger partial charge in [0.2, 0.25) is 0 Å². The first-order valence-corrected chi connectivity index (χ1v) is 7.86. The van der Waals surface area contributed by atoms with E-state index in [1.807, 2.05) is 23.9 Å². The minimum atomic E-state index is 0.139. The van der Waals surface area contributed by atoms with E-state index in [1.165, 1.54) is 17.7 Å². The van der Waals surface area contributed by atoms with Crippen molar-refractivity contribution in [3.63, 3.8) is 0 Å². The lowest BCUT2D eigenvalue weighted by molar-refractivity contribution is -0.108. The van der Waals surface area contributed by atoms with Crippen molar-refractivity contribution in [1.29, 1.82) is 0 Å². The van der Waals surface area contributed by atoms with Crippen LogP contribution in [-0.4, -0.2) is 37.6 Å². The van der Waals surface area contributed by atoms with Crippen molar-refractivity contribution in [2.45, 2.75) is 24.8 Å². The van der Waals surface area contributed by atoms with Gasteiger partial charge >= 0.3 is 0 Å². The van der Waals surface area contributed by atoms with Gasteiger partial charge in [-0.3, -0.25) is 0 Å². The Labute approximate surface area is 119 Å². The van der Waals surface area contributed by atoms with Gasteiger partial charge in [0.1, 0.15) is 6.29 Å². The largest absolute Gasteiger partial charge is 0.384 e. The molecule has 19 heavy (non-hydrogen) atoms. The third-order valence-electron chi connectivity index (χ3n) is 3.44. The number of ether oxygens (including phenoxy) is 1. The number of carbonyl (C=O) groups is 1. The number of benzene rings is 1. The zero-order chi connectivity index (χ0) is 13.5. The minimum Gasteiger partial charge on any atom is -0.384 e. The average molecular weight is 279 g/mol. The van der Waals surface area contributed by atoms with Gasteiger partial charge in [0.05, 0.1) is 6.61 Å². The fraction of sp³-hybridized carbons (Fsp3) is 0.533. The van der Waals surface area contributed by atoms with Crippen LogP contribution in [0.25, 0.3) is 0 Å². The molecule has 2 unspecified atom stereocenters. The molecule has 1 aromatic carbocycles. The minimum absolute atomic E-state index is 0.139. The van der Waals surface area contributed by atoms with Crippen molar-refractivity contribution < 1.29 is 9.53 Å². The first kappa shape index (κ1) is 14.4. The molecule has 0 aliphatic carbocycles. The van der Waals surface area contributed by atoms with E-state index in [-0.39, 0.29) is 5.92 Å². The maximum atomic E-state index is 10.8. The number of nitrogens with one attached hydrogen (secondary N) is 1. The lowest BCUT2D eigenvalue weighted by Gasteiger charge is -2.21. The summed E-state index contributed by atoms with van der Waals surface area (Å²) < 4.78 is 5.25. The molecule has 0 bridgehead atoms. The fourth-order valence-electron chi connectivity index (χ4n) is 2.45. The number of hydrogen-bond acceptors (Lipinski definition) is 4. The number of carbonyl (C=O) groups excluding carboxylic acids is 1. The standard InChI is InChI=1S/C15H21NO2S/c1-18-10-12(6-8-17)14-4-2-3-5-15(14)16-13-7-9-19-11-13/h2-5,8,12-13,16H,6-7,9-11H2,1H3. The smallest absolute Gasteiger partial charge is 0.120 e. The number of methoxy groups -OCH3 is 1. The third kappa shape index (κ3) is 3.98. The van der Waals surface area contributed by atoms with E-state index in [0.29, 0.717) is 19.1 Å². The maximum absolute atomic E-state index is 10.8. The molecule has 0 spiro atoms. The van der Waals surface area contributed by atoms with Crippen LogP contribution < -0.4 is 5.32 Å². The Bertz CT molecular complexity index is 405. The Morgan fingerprint density at radius 2 is 2.37 bits per heavy atom.